The van der Waals surface area contributed by atoms with Crippen molar-refractivity contribution < 1.29 is 13.5 Å². The third kappa shape index (κ3) is 5.45. The van der Waals surface area contributed by atoms with Crippen LogP contribution in [0.25, 0.3) is 23.6 Å². The van der Waals surface area contributed by atoms with Gasteiger partial charge in [-0.25, -0.2) is 14.4 Å². The fourth-order valence-electron chi connectivity index (χ4n) is 3.55. The molecule has 0 saturated carbocycles. The summed E-state index contributed by atoms with van der Waals surface area (Å²) in [5, 5.41) is 14.0. The Morgan fingerprint density at radius 2 is 1.79 bits per heavy atom. The lowest BCUT2D eigenvalue weighted by atomic mass is 10.1. The van der Waals surface area contributed by atoms with Crippen molar-refractivity contribution in [1.82, 2.24) is 20.2 Å². The summed E-state index contributed by atoms with van der Waals surface area (Å²) in [5.41, 5.74) is 1.61. The van der Waals surface area contributed by atoms with Gasteiger partial charge in [0.2, 0.25) is 0 Å². The van der Waals surface area contributed by atoms with Crippen LogP contribution in [0.5, 0.6) is 0 Å². The number of halogens is 1. The molecule has 8 nitrogen and oxygen atoms in total. The van der Waals surface area contributed by atoms with Crippen LogP contribution in [0.4, 0.5) is 21.8 Å². The maximum absolute atomic E-state index is 13.2. The molecule has 0 radical (unpaired) electrons. The van der Waals surface area contributed by atoms with Crippen LogP contribution in [0.1, 0.15) is 24.2 Å². The molecule has 4 heterocycles. The van der Waals surface area contributed by atoms with Gasteiger partial charge >= 0.3 is 0 Å². The second-order valence-electron chi connectivity index (χ2n) is 7.68. The molecule has 0 amide bonds. The number of furan rings is 1. The number of nitrogens with one attached hydrogen (secondary N) is 3. The molecule has 1 aliphatic rings. The zero-order chi connectivity index (χ0) is 22.5. The van der Waals surface area contributed by atoms with E-state index in [0.29, 0.717) is 29.0 Å². The van der Waals surface area contributed by atoms with E-state index in [2.05, 4.69) is 30.8 Å². The summed E-state index contributed by atoms with van der Waals surface area (Å²) < 4.78 is 24.0. The van der Waals surface area contributed by atoms with Crippen molar-refractivity contribution in [2.75, 3.05) is 23.8 Å². The number of hydrogen-bond donors (Lipinski definition) is 3. The van der Waals surface area contributed by atoms with Gasteiger partial charge < -0.3 is 19.8 Å². The van der Waals surface area contributed by atoms with Gasteiger partial charge in [-0.2, -0.15) is 5.10 Å². The first-order chi connectivity index (χ1) is 16.2. The number of rotatable bonds is 7. The number of nitrogens with zero attached hydrogens (tertiary/aromatic N) is 3. The summed E-state index contributed by atoms with van der Waals surface area (Å²) in [7, 11) is 0. The van der Waals surface area contributed by atoms with E-state index >= 15 is 0 Å². The van der Waals surface area contributed by atoms with Crippen LogP contribution in [-0.4, -0.2) is 39.4 Å². The van der Waals surface area contributed by atoms with Gasteiger partial charge in [-0.05, 0) is 48.7 Å². The van der Waals surface area contributed by atoms with Crippen molar-refractivity contribution in [3.8, 4) is 11.5 Å². The topological polar surface area (TPSA) is 101 Å². The van der Waals surface area contributed by atoms with E-state index in [9.17, 15) is 4.39 Å². The minimum Gasteiger partial charge on any atom is -0.463 e. The van der Waals surface area contributed by atoms with Crippen LogP contribution < -0.4 is 10.6 Å². The highest BCUT2D eigenvalue weighted by Gasteiger charge is 2.15. The van der Waals surface area contributed by atoms with E-state index in [1.165, 1.54) is 12.1 Å². The Bertz CT molecular complexity index is 1210. The van der Waals surface area contributed by atoms with Gasteiger partial charge in [0.1, 0.15) is 23.1 Å². The van der Waals surface area contributed by atoms with Gasteiger partial charge in [-0.1, -0.05) is 18.2 Å². The molecule has 1 saturated heterocycles. The molecule has 9 heteroatoms. The van der Waals surface area contributed by atoms with Crippen LogP contribution in [0.2, 0.25) is 0 Å². The zero-order valence-corrected chi connectivity index (χ0v) is 17.8. The quantitative estimate of drug-likeness (QED) is 0.363. The number of H-pyrrole nitrogens is 1. The maximum atomic E-state index is 13.2. The van der Waals surface area contributed by atoms with Gasteiger partial charge in [0.25, 0.3) is 0 Å². The predicted molar refractivity (Wildman–Crippen MR) is 124 cm³/mol. The number of benzene rings is 1. The number of hydrogen-bond acceptors (Lipinski definition) is 7. The maximum Gasteiger partial charge on any atom is 0.156 e. The lowest BCUT2D eigenvalue weighted by Gasteiger charge is -2.23. The van der Waals surface area contributed by atoms with E-state index in [1.807, 2.05) is 30.3 Å². The standard InChI is InChI=1S/C24H23FN6O2/c25-17-6-3-16(4-7-17)5-8-21-27-22(26-18-9-12-32-13-10-18)15-23(28-21)29-24-14-19(30-31-24)20-2-1-11-33-20/h1-8,11,14-15,18H,9-10,12-13H2,(H3,26,27,28,29,30,31)/b8-5+. The number of aromatic nitrogens is 4. The first kappa shape index (κ1) is 20.9. The predicted octanol–water partition coefficient (Wildman–Crippen LogP) is 5.10. The van der Waals surface area contributed by atoms with Gasteiger partial charge in [0, 0.05) is 31.4 Å². The molecule has 0 spiro atoms. The van der Waals surface area contributed by atoms with Crippen molar-refractivity contribution in [3.05, 3.63) is 72.0 Å². The average Bonchev–Trinajstić information content (AvgIpc) is 3.52. The molecule has 1 aliphatic heterocycles. The summed E-state index contributed by atoms with van der Waals surface area (Å²) in [5.74, 6) is 2.84. The third-order valence-corrected chi connectivity index (χ3v) is 5.23. The van der Waals surface area contributed by atoms with Gasteiger partial charge in [-0.3, -0.25) is 5.10 Å². The van der Waals surface area contributed by atoms with Crippen LogP contribution in [-0.2, 0) is 4.74 Å². The van der Waals surface area contributed by atoms with Crippen molar-refractivity contribution in [2.24, 2.45) is 0 Å². The summed E-state index contributed by atoms with van der Waals surface area (Å²) in [6.45, 7) is 1.46. The van der Waals surface area contributed by atoms with E-state index in [0.717, 1.165) is 37.3 Å². The Hall–Kier alpha value is -3.98. The minimum absolute atomic E-state index is 0.273. The molecule has 3 aromatic heterocycles. The van der Waals surface area contributed by atoms with E-state index in [4.69, 9.17) is 9.15 Å². The Morgan fingerprint density at radius 1 is 0.970 bits per heavy atom. The Kier molecular flexibility index (Phi) is 6.12. The number of anilines is 3. The molecule has 1 aromatic carbocycles. The molecule has 5 rings (SSSR count). The van der Waals surface area contributed by atoms with Crippen LogP contribution >= 0.6 is 0 Å². The average molecular weight is 446 g/mol. The first-order valence-corrected chi connectivity index (χ1v) is 10.7. The summed E-state index contributed by atoms with van der Waals surface area (Å²) in [6.07, 6.45) is 7.09. The lowest BCUT2D eigenvalue weighted by Crippen LogP contribution is -2.28. The van der Waals surface area contributed by atoms with Gasteiger partial charge in [-0.15, -0.1) is 0 Å². The Labute approximate surface area is 189 Å². The Balaban J connectivity index is 1.39. The zero-order valence-electron chi connectivity index (χ0n) is 17.8. The molecular formula is C24H23FN6O2. The second-order valence-corrected chi connectivity index (χ2v) is 7.68. The van der Waals surface area contributed by atoms with Crippen molar-refractivity contribution in [1.29, 1.82) is 0 Å². The van der Waals surface area contributed by atoms with Crippen molar-refractivity contribution in [3.63, 3.8) is 0 Å². The molecule has 0 atom stereocenters. The molecule has 1 fully saturated rings. The minimum atomic E-state index is -0.273. The lowest BCUT2D eigenvalue weighted by molar-refractivity contribution is 0.0904. The van der Waals surface area contributed by atoms with Crippen LogP contribution in [0.15, 0.2) is 59.2 Å². The highest BCUT2D eigenvalue weighted by atomic mass is 19.1. The molecule has 168 valence electrons. The third-order valence-electron chi connectivity index (χ3n) is 5.23. The SMILES string of the molecule is Fc1ccc(/C=C/c2nc(Nc3cc(-c4ccco4)[nH]n3)cc(NC3CCOCC3)n2)cc1. The van der Waals surface area contributed by atoms with Crippen LogP contribution in [0, 0.1) is 5.82 Å². The monoisotopic (exact) mass is 446 g/mol. The Morgan fingerprint density at radius 3 is 2.58 bits per heavy atom. The largest absolute Gasteiger partial charge is 0.463 e. The highest BCUT2D eigenvalue weighted by Crippen LogP contribution is 2.24. The molecule has 0 unspecified atom stereocenters. The smallest absolute Gasteiger partial charge is 0.156 e. The van der Waals surface area contributed by atoms with E-state index < -0.39 is 0 Å². The number of aromatic amines is 1. The molecule has 4 aromatic rings. The molecule has 0 bridgehead atoms. The normalized spacial score (nSPS) is 14.6. The molecule has 33 heavy (non-hydrogen) atoms. The molecule has 0 aliphatic carbocycles. The second kappa shape index (κ2) is 9.66. The van der Waals surface area contributed by atoms with Crippen LogP contribution in [0.3, 0.4) is 0 Å². The fraction of sp³-hybridized carbons (Fsp3) is 0.208. The molecule has 3 N–H and O–H groups in total. The highest BCUT2D eigenvalue weighted by molar-refractivity contribution is 5.69. The fourth-order valence-corrected chi connectivity index (χ4v) is 3.55. The van der Waals surface area contributed by atoms with Gasteiger partial charge in [0.05, 0.1) is 6.26 Å². The first-order valence-electron chi connectivity index (χ1n) is 10.7. The van der Waals surface area contributed by atoms with Crippen molar-refractivity contribution in [2.45, 2.75) is 18.9 Å². The molecular weight excluding hydrogens is 423 g/mol. The summed E-state index contributed by atoms with van der Waals surface area (Å²) in [4.78, 5) is 9.24. The summed E-state index contributed by atoms with van der Waals surface area (Å²) in [6, 6.07) is 13.9. The van der Waals surface area contributed by atoms with E-state index in [-0.39, 0.29) is 11.9 Å². The number of ether oxygens (including phenoxy) is 1. The van der Waals surface area contributed by atoms with E-state index in [1.54, 1.807) is 24.5 Å². The summed E-state index contributed by atoms with van der Waals surface area (Å²) >= 11 is 0. The van der Waals surface area contributed by atoms with Crippen molar-refractivity contribution >= 4 is 29.6 Å². The van der Waals surface area contributed by atoms with Gasteiger partial charge in [0.15, 0.2) is 17.4 Å².